The molecular formula is C19H13NO2. The summed E-state index contributed by atoms with van der Waals surface area (Å²) in [5, 5.41) is 5.48. The molecule has 4 rings (SSSR count). The molecule has 1 aromatic heterocycles. The van der Waals surface area contributed by atoms with Crippen LogP contribution >= 0.6 is 0 Å². The number of esters is 1. The Labute approximate surface area is 127 Å². The summed E-state index contributed by atoms with van der Waals surface area (Å²) in [5.41, 5.74) is 1.37. The van der Waals surface area contributed by atoms with Crippen molar-refractivity contribution >= 4 is 38.4 Å². The van der Waals surface area contributed by atoms with Crippen LogP contribution in [-0.2, 0) is 4.74 Å². The van der Waals surface area contributed by atoms with Gasteiger partial charge in [-0.25, -0.2) is 4.79 Å². The molecular weight excluding hydrogens is 274 g/mol. The molecule has 106 valence electrons. The lowest BCUT2D eigenvalue weighted by Gasteiger charge is -2.10. The molecule has 0 aliphatic rings. The van der Waals surface area contributed by atoms with E-state index >= 15 is 0 Å². The van der Waals surface area contributed by atoms with Crippen molar-refractivity contribution in [1.29, 1.82) is 0 Å². The van der Waals surface area contributed by atoms with Gasteiger partial charge < -0.3 is 4.74 Å². The minimum atomic E-state index is -0.369. The quantitative estimate of drug-likeness (QED) is 0.386. The number of ether oxygens (including phenoxy) is 1. The maximum absolute atomic E-state index is 11.8. The Balaban J connectivity index is 2.24. The van der Waals surface area contributed by atoms with Gasteiger partial charge in [0, 0.05) is 17.0 Å². The van der Waals surface area contributed by atoms with Gasteiger partial charge in [0.25, 0.3) is 0 Å². The third-order valence-electron chi connectivity index (χ3n) is 4.00. The van der Waals surface area contributed by atoms with Crippen LogP contribution < -0.4 is 0 Å². The second-order valence-electron chi connectivity index (χ2n) is 5.20. The van der Waals surface area contributed by atoms with Crippen molar-refractivity contribution in [3.8, 4) is 0 Å². The van der Waals surface area contributed by atoms with Crippen LogP contribution in [-0.4, -0.2) is 18.1 Å². The molecule has 0 fully saturated rings. The molecule has 0 bridgehead atoms. The Morgan fingerprint density at radius 2 is 1.41 bits per heavy atom. The van der Waals surface area contributed by atoms with Crippen molar-refractivity contribution < 1.29 is 9.53 Å². The highest BCUT2D eigenvalue weighted by molar-refractivity contribution is 6.24. The summed E-state index contributed by atoms with van der Waals surface area (Å²) in [6.45, 7) is 0. The molecule has 0 aliphatic heterocycles. The maximum atomic E-state index is 11.8. The lowest BCUT2D eigenvalue weighted by atomic mass is 9.96. The molecule has 3 aromatic carbocycles. The highest BCUT2D eigenvalue weighted by atomic mass is 16.5. The molecule has 3 heteroatoms. The summed E-state index contributed by atoms with van der Waals surface area (Å²) in [5.74, 6) is -0.369. The number of fused-ring (bicyclic) bond motifs is 6. The second-order valence-corrected chi connectivity index (χ2v) is 5.20. The average Bonchev–Trinajstić information content (AvgIpc) is 2.61. The molecule has 22 heavy (non-hydrogen) atoms. The van der Waals surface area contributed by atoms with Gasteiger partial charge >= 0.3 is 5.97 Å². The van der Waals surface area contributed by atoms with Gasteiger partial charge in [0.15, 0.2) is 0 Å². The Kier molecular flexibility index (Phi) is 2.79. The smallest absolute Gasteiger partial charge is 0.339 e. The summed E-state index contributed by atoms with van der Waals surface area (Å²) >= 11 is 0. The number of carbonyl (C=O) groups excluding carboxylic acids is 1. The highest BCUT2D eigenvalue weighted by Gasteiger charge is 2.12. The fourth-order valence-electron chi connectivity index (χ4n) is 2.99. The van der Waals surface area contributed by atoms with E-state index in [9.17, 15) is 4.79 Å². The third kappa shape index (κ3) is 1.76. The Morgan fingerprint density at radius 3 is 2.05 bits per heavy atom. The van der Waals surface area contributed by atoms with E-state index in [0.717, 1.165) is 27.1 Å². The molecule has 4 aromatic rings. The number of pyridine rings is 1. The van der Waals surface area contributed by atoms with Gasteiger partial charge in [0.1, 0.15) is 0 Å². The summed E-state index contributed by atoms with van der Waals surface area (Å²) in [6.07, 6.45) is 1.58. The normalized spacial score (nSPS) is 11.1. The summed E-state index contributed by atoms with van der Waals surface area (Å²) in [7, 11) is 1.38. The van der Waals surface area contributed by atoms with Crippen LogP contribution in [0.25, 0.3) is 32.4 Å². The highest BCUT2D eigenvalue weighted by Crippen LogP contribution is 2.34. The third-order valence-corrected chi connectivity index (χ3v) is 4.00. The van der Waals surface area contributed by atoms with E-state index < -0.39 is 0 Å². The first-order valence-electron chi connectivity index (χ1n) is 7.07. The fourth-order valence-corrected chi connectivity index (χ4v) is 2.99. The molecule has 0 amide bonds. The average molecular weight is 287 g/mol. The number of benzene rings is 3. The van der Waals surface area contributed by atoms with Crippen LogP contribution in [0.3, 0.4) is 0 Å². The lowest BCUT2D eigenvalue weighted by molar-refractivity contribution is 0.0600. The van der Waals surface area contributed by atoms with Crippen LogP contribution in [0, 0.1) is 0 Å². The van der Waals surface area contributed by atoms with Crippen LogP contribution in [0.1, 0.15) is 10.4 Å². The number of nitrogens with zero attached hydrogens (tertiary/aromatic N) is 1. The zero-order valence-electron chi connectivity index (χ0n) is 12.0. The van der Waals surface area contributed by atoms with Crippen LogP contribution in [0.15, 0.2) is 60.8 Å². The second kappa shape index (κ2) is 4.81. The Hall–Kier alpha value is -2.94. The van der Waals surface area contributed by atoms with E-state index in [1.54, 1.807) is 6.20 Å². The van der Waals surface area contributed by atoms with E-state index in [4.69, 9.17) is 4.74 Å². The van der Waals surface area contributed by atoms with Crippen LogP contribution in [0.5, 0.6) is 0 Å². The van der Waals surface area contributed by atoms with Gasteiger partial charge in [-0.05, 0) is 22.2 Å². The zero-order valence-corrected chi connectivity index (χ0v) is 12.0. The fraction of sp³-hybridized carbons (Fsp3) is 0.0526. The van der Waals surface area contributed by atoms with E-state index in [0.29, 0.717) is 5.56 Å². The summed E-state index contributed by atoms with van der Waals surface area (Å²) in [4.78, 5) is 16.3. The number of aromatic nitrogens is 1. The predicted molar refractivity (Wildman–Crippen MR) is 88.1 cm³/mol. The van der Waals surface area contributed by atoms with Gasteiger partial charge in [-0.2, -0.15) is 0 Å². The number of hydrogen-bond donors (Lipinski definition) is 0. The first-order valence-corrected chi connectivity index (χ1v) is 7.07. The van der Waals surface area contributed by atoms with Gasteiger partial charge in [-0.15, -0.1) is 0 Å². The molecule has 0 N–H and O–H groups in total. The van der Waals surface area contributed by atoms with Crippen molar-refractivity contribution in [3.05, 3.63) is 66.4 Å². The monoisotopic (exact) mass is 287 g/mol. The van der Waals surface area contributed by atoms with Crippen LogP contribution in [0.2, 0.25) is 0 Å². The standard InChI is InChI=1S/C19H13NO2/c1-22-19(21)12-10-17-15-8-3-2-6-13(15)14-7-4-5-9-16(14)18(17)20-11-12/h2-11H,1H3. The SMILES string of the molecule is COC(=O)c1cnc2c3ccccc3c3ccccc3c2c1. The lowest BCUT2D eigenvalue weighted by Crippen LogP contribution is -2.02. The molecule has 0 atom stereocenters. The molecule has 0 spiro atoms. The summed E-state index contributed by atoms with van der Waals surface area (Å²) < 4.78 is 4.81. The molecule has 0 aliphatic carbocycles. The molecule has 0 saturated carbocycles. The molecule has 0 radical (unpaired) electrons. The Morgan fingerprint density at radius 1 is 0.864 bits per heavy atom. The van der Waals surface area contributed by atoms with Crippen molar-refractivity contribution in [2.24, 2.45) is 0 Å². The molecule has 0 unspecified atom stereocenters. The van der Waals surface area contributed by atoms with Gasteiger partial charge in [0.2, 0.25) is 0 Å². The predicted octanol–water partition coefficient (Wildman–Crippen LogP) is 4.33. The molecule has 0 saturated heterocycles. The van der Waals surface area contributed by atoms with Gasteiger partial charge in [-0.3, -0.25) is 4.98 Å². The minimum Gasteiger partial charge on any atom is -0.465 e. The van der Waals surface area contributed by atoms with Crippen LogP contribution in [0.4, 0.5) is 0 Å². The van der Waals surface area contributed by atoms with E-state index in [1.165, 1.54) is 12.5 Å². The summed E-state index contributed by atoms with van der Waals surface area (Å²) in [6, 6.07) is 18.3. The van der Waals surface area contributed by atoms with Crippen molar-refractivity contribution in [1.82, 2.24) is 4.98 Å². The Bertz CT molecular complexity index is 1000. The van der Waals surface area contributed by atoms with Gasteiger partial charge in [-0.1, -0.05) is 48.5 Å². The van der Waals surface area contributed by atoms with E-state index in [1.807, 2.05) is 30.3 Å². The number of rotatable bonds is 1. The first kappa shape index (κ1) is 12.8. The van der Waals surface area contributed by atoms with Crippen molar-refractivity contribution in [3.63, 3.8) is 0 Å². The number of methoxy groups -OCH3 is 1. The number of carbonyl (C=O) groups is 1. The van der Waals surface area contributed by atoms with Crippen molar-refractivity contribution in [2.45, 2.75) is 0 Å². The molecule has 3 nitrogen and oxygen atoms in total. The number of hydrogen-bond acceptors (Lipinski definition) is 3. The molecule has 1 heterocycles. The topological polar surface area (TPSA) is 39.2 Å². The van der Waals surface area contributed by atoms with Crippen molar-refractivity contribution in [2.75, 3.05) is 7.11 Å². The zero-order chi connectivity index (χ0) is 15.1. The maximum Gasteiger partial charge on any atom is 0.339 e. The van der Waals surface area contributed by atoms with E-state index in [-0.39, 0.29) is 5.97 Å². The van der Waals surface area contributed by atoms with Gasteiger partial charge in [0.05, 0.1) is 18.2 Å². The largest absolute Gasteiger partial charge is 0.465 e. The minimum absolute atomic E-state index is 0.369. The first-order chi connectivity index (χ1) is 10.8. The van der Waals surface area contributed by atoms with E-state index in [2.05, 4.69) is 29.2 Å².